The lowest BCUT2D eigenvalue weighted by Gasteiger charge is -1.96. The van der Waals surface area contributed by atoms with Gasteiger partial charge in [0.2, 0.25) is 0 Å². The average molecular weight is 211 g/mol. The van der Waals surface area contributed by atoms with Gasteiger partial charge in [0.05, 0.1) is 0 Å². The highest BCUT2D eigenvalue weighted by Crippen LogP contribution is 2.03. The summed E-state index contributed by atoms with van der Waals surface area (Å²) in [5, 5.41) is 7.02. The van der Waals surface area contributed by atoms with Crippen LogP contribution < -0.4 is 0 Å². The summed E-state index contributed by atoms with van der Waals surface area (Å²) in [5.41, 5.74) is 0.780. The van der Waals surface area contributed by atoms with Gasteiger partial charge in [-0.25, -0.2) is 0 Å². The fourth-order valence-electron chi connectivity index (χ4n) is 0.422. The molecule has 1 N–H and O–H groups in total. The summed E-state index contributed by atoms with van der Waals surface area (Å²) in [6.45, 7) is 3.95. The monoisotopic (exact) mass is 211 g/mol. The predicted molar refractivity (Wildman–Crippen MR) is 41.5 cm³/mol. The van der Waals surface area contributed by atoms with E-state index in [4.69, 9.17) is 5.41 Å². The molecule has 0 bridgehead atoms. The van der Waals surface area contributed by atoms with Gasteiger partial charge in [-0.2, -0.15) is 0 Å². The van der Waals surface area contributed by atoms with E-state index in [1.165, 1.54) is 0 Å². The molecule has 0 saturated heterocycles. The van der Waals surface area contributed by atoms with Crippen LogP contribution in [-0.4, -0.2) is 9.64 Å². The zero-order chi connectivity index (χ0) is 5.86. The Balaban J connectivity index is 3.13. The molecule has 2 heteroatoms. The maximum Gasteiger partial charge on any atom is 0.0133 e. The van der Waals surface area contributed by atoms with Crippen LogP contribution in [0.1, 0.15) is 20.3 Å². The van der Waals surface area contributed by atoms with E-state index in [-0.39, 0.29) is 0 Å². The second-order valence-corrected chi connectivity index (χ2v) is 3.89. The van der Waals surface area contributed by atoms with Crippen LogP contribution in [0.2, 0.25) is 0 Å². The Morgan fingerprint density at radius 1 is 1.86 bits per heavy atom. The molecule has 0 aliphatic rings. The third kappa shape index (κ3) is 6.40. The molecule has 0 fully saturated rings. The minimum absolute atomic E-state index is 0.620. The van der Waals surface area contributed by atoms with E-state index in [0.717, 1.165) is 12.1 Å². The molecule has 0 saturated carbocycles. The lowest BCUT2D eigenvalue weighted by atomic mass is 10.2. The Bertz CT molecular complexity index is 68.5. The predicted octanol–water partition coefficient (Wildman–Crippen LogP) is 2.24. The second kappa shape index (κ2) is 3.41. The quantitative estimate of drug-likeness (QED) is 0.411. The summed E-state index contributed by atoms with van der Waals surface area (Å²) in [6, 6.07) is 0. The lowest BCUT2D eigenvalue weighted by Crippen LogP contribution is -1.96. The van der Waals surface area contributed by atoms with Crippen LogP contribution in [0, 0.1) is 5.41 Å². The highest BCUT2D eigenvalue weighted by Gasteiger charge is 1.93. The van der Waals surface area contributed by atoms with Crippen LogP contribution in [0.5, 0.6) is 0 Å². The van der Waals surface area contributed by atoms with Crippen molar-refractivity contribution in [3.63, 3.8) is 0 Å². The van der Waals surface area contributed by atoms with E-state index >= 15 is 0 Å². The molecule has 0 aromatic heterocycles. The van der Waals surface area contributed by atoms with Crippen LogP contribution >= 0.6 is 22.6 Å². The SMILES string of the molecule is CC(=N)CC(C)I. The minimum atomic E-state index is 0.620. The smallest absolute Gasteiger partial charge is 0.0133 e. The average Bonchev–Trinajstić information content (AvgIpc) is 1.27. The van der Waals surface area contributed by atoms with E-state index in [1.54, 1.807) is 0 Å². The molecule has 0 amide bonds. The molecule has 0 aromatic rings. The van der Waals surface area contributed by atoms with Crippen LogP contribution in [-0.2, 0) is 0 Å². The van der Waals surface area contributed by atoms with E-state index in [1.807, 2.05) is 6.92 Å². The number of rotatable bonds is 2. The Kier molecular flexibility index (Phi) is 3.60. The molecule has 0 heterocycles. The lowest BCUT2D eigenvalue weighted by molar-refractivity contribution is 1.04. The topological polar surface area (TPSA) is 23.9 Å². The first kappa shape index (κ1) is 7.40. The number of alkyl halides is 1. The number of hydrogen-bond acceptors (Lipinski definition) is 1. The Morgan fingerprint density at radius 3 is 2.29 bits per heavy atom. The van der Waals surface area contributed by atoms with Gasteiger partial charge in [0, 0.05) is 9.64 Å². The summed E-state index contributed by atoms with van der Waals surface area (Å²) in [4.78, 5) is 0. The standard InChI is InChI=1S/C5H10IN/c1-4(6)3-5(2)7/h4,7H,3H2,1-2H3. The molecular formula is C5H10IN. The molecular weight excluding hydrogens is 201 g/mol. The van der Waals surface area contributed by atoms with Gasteiger partial charge >= 0.3 is 0 Å². The van der Waals surface area contributed by atoms with Crippen molar-refractivity contribution in [2.24, 2.45) is 0 Å². The van der Waals surface area contributed by atoms with E-state index in [0.29, 0.717) is 3.92 Å². The van der Waals surface area contributed by atoms with Gasteiger partial charge in [-0.15, -0.1) is 0 Å². The zero-order valence-corrected chi connectivity index (χ0v) is 6.82. The molecule has 0 aromatic carbocycles. The molecule has 0 rings (SSSR count). The van der Waals surface area contributed by atoms with E-state index in [9.17, 15) is 0 Å². The number of nitrogens with one attached hydrogen (secondary N) is 1. The third-order valence-electron chi connectivity index (χ3n) is 0.587. The van der Waals surface area contributed by atoms with Gasteiger partial charge < -0.3 is 5.41 Å². The third-order valence-corrected chi connectivity index (χ3v) is 1.03. The first-order chi connectivity index (χ1) is 3.13. The van der Waals surface area contributed by atoms with Gasteiger partial charge in [-0.05, 0) is 13.3 Å². The van der Waals surface area contributed by atoms with Gasteiger partial charge in [0.1, 0.15) is 0 Å². The largest absolute Gasteiger partial charge is 0.310 e. The summed E-state index contributed by atoms with van der Waals surface area (Å²) in [7, 11) is 0. The molecule has 1 atom stereocenters. The zero-order valence-electron chi connectivity index (χ0n) is 4.66. The van der Waals surface area contributed by atoms with Crippen molar-refractivity contribution in [1.29, 1.82) is 5.41 Å². The molecule has 0 aliphatic heterocycles. The molecule has 1 unspecified atom stereocenters. The summed E-state index contributed by atoms with van der Waals surface area (Å²) in [6.07, 6.45) is 0.931. The van der Waals surface area contributed by atoms with Crippen molar-refractivity contribution in [2.75, 3.05) is 0 Å². The maximum absolute atomic E-state index is 7.02. The van der Waals surface area contributed by atoms with Crippen molar-refractivity contribution in [3.05, 3.63) is 0 Å². The molecule has 0 spiro atoms. The molecule has 7 heavy (non-hydrogen) atoms. The minimum Gasteiger partial charge on any atom is -0.310 e. The molecule has 42 valence electrons. The first-order valence-electron chi connectivity index (χ1n) is 2.31. The second-order valence-electron chi connectivity index (χ2n) is 1.77. The normalized spacial score (nSPS) is 13.6. The van der Waals surface area contributed by atoms with E-state index in [2.05, 4.69) is 29.5 Å². The van der Waals surface area contributed by atoms with E-state index < -0.39 is 0 Å². The fraction of sp³-hybridized carbons (Fsp3) is 0.800. The highest BCUT2D eigenvalue weighted by molar-refractivity contribution is 14.1. The Hall–Kier alpha value is 0.400. The summed E-state index contributed by atoms with van der Waals surface area (Å²) < 4.78 is 0.620. The van der Waals surface area contributed by atoms with Crippen molar-refractivity contribution in [3.8, 4) is 0 Å². The van der Waals surface area contributed by atoms with Gasteiger partial charge in [0.25, 0.3) is 0 Å². The summed E-state index contributed by atoms with van der Waals surface area (Å²) in [5.74, 6) is 0. The Morgan fingerprint density at radius 2 is 2.29 bits per heavy atom. The summed E-state index contributed by atoms with van der Waals surface area (Å²) >= 11 is 2.32. The molecule has 0 aliphatic carbocycles. The van der Waals surface area contributed by atoms with Crippen LogP contribution in [0.25, 0.3) is 0 Å². The van der Waals surface area contributed by atoms with Gasteiger partial charge in [-0.3, -0.25) is 0 Å². The van der Waals surface area contributed by atoms with Crippen molar-refractivity contribution in [1.82, 2.24) is 0 Å². The van der Waals surface area contributed by atoms with Gasteiger partial charge in [0.15, 0.2) is 0 Å². The van der Waals surface area contributed by atoms with Crippen molar-refractivity contribution in [2.45, 2.75) is 24.2 Å². The number of hydrogen-bond donors (Lipinski definition) is 1. The maximum atomic E-state index is 7.02. The Labute approximate surface area is 58.1 Å². The number of halogens is 1. The highest BCUT2D eigenvalue weighted by atomic mass is 127. The molecule has 0 radical (unpaired) electrons. The molecule has 1 nitrogen and oxygen atoms in total. The van der Waals surface area contributed by atoms with Gasteiger partial charge in [-0.1, -0.05) is 29.5 Å². The van der Waals surface area contributed by atoms with Crippen molar-refractivity contribution >= 4 is 28.3 Å². The fourth-order valence-corrected chi connectivity index (χ4v) is 1.08. The van der Waals surface area contributed by atoms with Crippen LogP contribution in [0.3, 0.4) is 0 Å². The van der Waals surface area contributed by atoms with Crippen LogP contribution in [0.4, 0.5) is 0 Å². The van der Waals surface area contributed by atoms with Crippen LogP contribution in [0.15, 0.2) is 0 Å². The van der Waals surface area contributed by atoms with Crippen molar-refractivity contribution < 1.29 is 0 Å². The first-order valence-corrected chi connectivity index (χ1v) is 3.55.